The molecule has 1 aromatic heterocycles. The third-order valence-corrected chi connectivity index (χ3v) is 3.02. The minimum atomic E-state index is -0.541. The van der Waals surface area contributed by atoms with E-state index in [0.29, 0.717) is 5.39 Å². The quantitative estimate of drug-likeness (QED) is 0.527. The van der Waals surface area contributed by atoms with E-state index < -0.39 is 10.5 Å². The average molecular weight is 269 g/mol. The topological polar surface area (TPSA) is 68.1 Å². The van der Waals surface area contributed by atoms with Gasteiger partial charge in [-0.1, -0.05) is 5.92 Å². The smallest absolute Gasteiger partial charge is 0.278 e. The molecule has 0 radical (unpaired) electrons. The number of anilines is 1. The van der Waals surface area contributed by atoms with Crippen molar-refractivity contribution in [2.75, 3.05) is 5.32 Å². The summed E-state index contributed by atoms with van der Waals surface area (Å²) in [6.07, 6.45) is 7.00. The number of benzene rings is 1. The van der Waals surface area contributed by atoms with E-state index >= 15 is 0 Å². The van der Waals surface area contributed by atoms with Crippen molar-refractivity contribution in [2.45, 2.75) is 26.3 Å². The van der Waals surface area contributed by atoms with E-state index in [4.69, 9.17) is 6.42 Å². The summed E-state index contributed by atoms with van der Waals surface area (Å²) in [7, 11) is 0. The van der Waals surface area contributed by atoms with Gasteiger partial charge in [0.2, 0.25) is 0 Å². The van der Waals surface area contributed by atoms with Crippen molar-refractivity contribution in [1.29, 1.82) is 0 Å². The summed E-state index contributed by atoms with van der Waals surface area (Å²) < 4.78 is 0. The summed E-state index contributed by atoms with van der Waals surface area (Å²) in [5, 5.41) is 15.5. The maximum absolute atomic E-state index is 11.1. The molecule has 0 saturated heterocycles. The Labute approximate surface area is 117 Å². The molecule has 0 unspecified atom stereocenters. The second-order valence-corrected chi connectivity index (χ2v) is 5.15. The fraction of sp³-hybridized carbons (Fsp3) is 0.267. The van der Waals surface area contributed by atoms with Crippen molar-refractivity contribution in [3.63, 3.8) is 0 Å². The molecule has 2 aromatic rings. The van der Waals surface area contributed by atoms with E-state index in [2.05, 4.69) is 16.2 Å². The molecule has 0 spiro atoms. The summed E-state index contributed by atoms with van der Waals surface area (Å²) in [6.45, 7) is 5.58. The molecule has 0 amide bonds. The lowest BCUT2D eigenvalue weighted by molar-refractivity contribution is -0.383. The molecule has 1 heterocycles. The zero-order valence-corrected chi connectivity index (χ0v) is 11.6. The molecule has 0 aliphatic carbocycles. The lowest BCUT2D eigenvalue weighted by Crippen LogP contribution is -2.28. The standard InChI is InChI=1S/C15H15N3O2/c1-5-15(3,4)17-13-6-7-14(18(19)20)12-9-16-10(2)8-11(12)13/h1,6-9,17H,2-4H3. The van der Waals surface area contributed by atoms with Gasteiger partial charge >= 0.3 is 0 Å². The van der Waals surface area contributed by atoms with Gasteiger partial charge in [0.05, 0.1) is 15.8 Å². The number of aromatic nitrogens is 1. The summed E-state index contributed by atoms with van der Waals surface area (Å²) >= 11 is 0. The van der Waals surface area contributed by atoms with Crippen LogP contribution in [0.15, 0.2) is 24.4 Å². The first-order valence-corrected chi connectivity index (χ1v) is 6.14. The van der Waals surface area contributed by atoms with Crippen LogP contribution in [0.25, 0.3) is 10.8 Å². The molecule has 102 valence electrons. The van der Waals surface area contributed by atoms with Gasteiger partial charge < -0.3 is 5.32 Å². The van der Waals surface area contributed by atoms with Gasteiger partial charge in [0.15, 0.2) is 0 Å². The van der Waals surface area contributed by atoms with Gasteiger partial charge in [0.1, 0.15) is 0 Å². The van der Waals surface area contributed by atoms with Gasteiger partial charge in [0, 0.05) is 29.0 Å². The highest BCUT2D eigenvalue weighted by Crippen LogP contribution is 2.32. The molecule has 0 fully saturated rings. The molecule has 2 rings (SSSR count). The van der Waals surface area contributed by atoms with Crippen LogP contribution in [-0.4, -0.2) is 15.4 Å². The number of pyridine rings is 1. The zero-order chi connectivity index (χ0) is 14.9. The summed E-state index contributed by atoms with van der Waals surface area (Å²) in [5.74, 6) is 2.65. The largest absolute Gasteiger partial charge is 0.369 e. The number of nitro benzene ring substituents is 1. The molecule has 0 aliphatic rings. The molecular formula is C15H15N3O2. The van der Waals surface area contributed by atoms with E-state index in [1.54, 1.807) is 6.07 Å². The number of non-ortho nitro benzene ring substituents is 1. The summed E-state index contributed by atoms with van der Waals surface area (Å²) in [4.78, 5) is 14.8. The van der Waals surface area contributed by atoms with Crippen molar-refractivity contribution in [3.8, 4) is 12.3 Å². The third-order valence-electron chi connectivity index (χ3n) is 3.02. The monoisotopic (exact) mass is 269 g/mol. The van der Waals surface area contributed by atoms with Crippen LogP contribution < -0.4 is 5.32 Å². The maximum Gasteiger partial charge on any atom is 0.278 e. The number of hydrogen-bond acceptors (Lipinski definition) is 4. The van der Waals surface area contributed by atoms with Gasteiger partial charge in [-0.3, -0.25) is 15.1 Å². The van der Waals surface area contributed by atoms with Crippen LogP contribution in [-0.2, 0) is 0 Å². The van der Waals surface area contributed by atoms with E-state index in [-0.39, 0.29) is 5.69 Å². The highest BCUT2D eigenvalue weighted by Gasteiger charge is 2.19. The normalized spacial score (nSPS) is 11.1. The lowest BCUT2D eigenvalue weighted by atomic mass is 10.0. The molecule has 0 aliphatic heterocycles. The van der Waals surface area contributed by atoms with Crippen molar-refractivity contribution in [2.24, 2.45) is 0 Å². The highest BCUT2D eigenvalue weighted by molar-refractivity contribution is 5.99. The Balaban J connectivity index is 2.69. The second kappa shape index (κ2) is 4.82. The van der Waals surface area contributed by atoms with Gasteiger partial charge in [-0.2, -0.15) is 0 Å². The first-order chi connectivity index (χ1) is 9.34. The Bertz CT molecular complexity index is 730. The Morgan fingerprint density at radius 3 is 2.70 bits per heavy atom. The number of nitro groups is 1. The third kappa shape index (κ3) is 2.54. The number of terminal acetylenes is 1. The van der Waals surface area contributed by atoms with Crippen LogP contribution in [0.5, 0.6) is 0 Å². The van der Waals surface area contributed by atoms with Gasteiger partial charge in [-0.05, 0) is 32.9 Å². The Morgan fingerprint density at radius 2 is 2.10 bits per heavy atom. The van der Waals surface area contributed by atoms with Crippen molar-refractivity contribution in [3.05, 3.63) is 40.2 Å². The van der Waals surface area contributed by atoms with Crippen molar-refractivity contribution >= 4 is 22.1 Å². The van der Waals surface area contributed by atoms with Crippen LogP contribution in [0.2, 0.25) is 0 Å². The van der Waals surface area contributed by atoms with Crippen LogP contribution >= 0.6 is 0 Å². The number of nitrogens with one attached hydrogen (secondary N) is 1. The number of aryl methyl sites for hydroxylation is 1. The van der Waals surface area contributed by atoms with Crippen LogP contribution in [0, 0.1) is 29.4 Å². The summed E-state index contributed by atoms with van der Waals surface area (Å²) in [5.41, 5.74) is 1.05. The first-order valence-electron chi connectivity index (χ1n) is 6.14. The highest BCUT2D eigenvalue weighted by atomic mass is 16.6. The van der Waals surface area contributed by atoms with Crippen LogP contribution in [0.3, 0.4) is 0 Å². The molecule has 5 nitrogen and oxygen atoms in total. The number of rotatable bonds is 3. The molecule has 0 atom stereocenters. The zero-order valence-electron chi connectivity index (χ0n) is 11.6. The minimum absolute atomic E-state index is 0.0385. The van der Waals surface area contributed by atoms with Gasteiger partial charge in [0.25, 0.3) is 5.69 Å². The molecule has 20 heavy (non-hydrogen) atoms. The van der Waals surface area contributed by atoms with E-state index in [9.17, 15) is 10.1 Å². The molecular weight excluding hydrogens is 254 g/mol. The fourth-order valence-electron chi connectivity index (χ4n) is 1.97. The van der Waals surface area contributed by atoms with E-state index in [1.165, 1.54) is 12.3 Å². The second-order valence-electron chi connectivity index (χ2n) is 5.15. The van der Waals surface area contributed by atoms with Crippen molar-refractivity contribution in [1.82, 2.24) is 4.98 Å². The maximum atomic E-state index is 11.1. The average Bonchev–Trinajstić information content (AvgIpc) is 2.38. The Morgan fingerprint density at radius 1 is 1.40 bits per heavy atom. The molecule has 5 heteroatoms. The molecule has 0 saturated carbocycles. The minimum Gasteiger partial charge on any atom is -0.369 e. The molecule has 0 bridgehead atoms. The van der Waals surface area contributed by atoms with Crippen molar-refractivity contribution < 1.29 is 4.92 Å². The van der Waals surface area contributed by atoms with E-state index in [0.717, 1.165) is 16.8 Å². The Hall–Kier alpha value is -2.61. The first kappa shape index (κ1) is 13.8. The molecule has 1 aromatic carbocycles. The predicted molar refractivity (Wildman–Crippen MR) is 79.7 cm³/mol. The van der Waals surface area contributed by atoms with Crippen LogP contribution in [0.4, 0.5) is 11.4 Å². The number of fused-ring (bicyclic) bond motifs is 1. The van der Waals surface area contributed by atoms with Gasteiger partial charge in [-0.15, -0.1) is 6.42 Å². The lowest BCUT2D eigenvalue weighted by Gasteiger charge is -2.22. The molecule has 1 N–H and O–H groups in total. The Kier molecular flexibility index (Phi) is 3.33. The fourth-order valence-corrected chi connectivity index (χ4v) is 1.97. The summed E-state index contributed by atoms with van der Waals surface area (Å²) in [6, 6.07) is 4.96. The van der Waals surface area contributed by atoms with Crippen LogP contribution in [0.1, 0.15) is 19.5 Å². The number of hydrogen-bond donors (Lipinski definition) is 1. The predicted octanol–water partition coefficient (Wildman–Crippen LogP) is 3.28. The van der Waals surface area contributed by atoms with E-state index in [1.807, 2.05) is 26.8 Å². The SMILES string of the molecule is C#CC(C)(C)Nc1ccc([N+](=O)[O-])c2cnc(C)cc12. The number of nitrogens with zero attached hydrogens (tertiary/aromatic N) is 2. The van der Waals surface area contributed by atoms with Gasteiger partial charge in [-0.25, -0.2) is 0 Å².